The number of carbonyl (C=O) groups excluding carboxylic acids is 2. The molecule has 1 amide bonds. The lowest BCUT2D eigenvalue weighted by atomic mass is 9.95. The lowest BCUT2D eigenvalue weighted by Gasteiger charge is -2.27. The molecular weight excluding hydrogens is 382 g/mol. The molecule has 30 heavy (non-hydrogen) atoms. The normalized spacial score (nSPS) is 17.9. The van der Waals surface area contributed by atoms with Gasteiger partial charge in [-0.15, -0.1) is 0 Å². The van der Waals surface area contributed by atoms with Crippen LogP contribution in [0.3, 0.4) is 0 Å². The van der Waals surface area contributed by atoms with E-state index in [1.165, 1.54) is 29.4 Å². The first kappa shape index (κ1) is 19.3. The molecule has 150 valence electrons. The molecule has 1 aliphatic rings. The zero-order valence-corrected chi connectivity index (χ0v) is 16.2. The molecule has 2 aromatic heterocycles. The van der Waals surface area contributed by atoms with Gasteiger partial charge < -0.3 is 14.7 Å². The SMILES string of the molecule is COc1ccc(C2C(=C([O-])c3ccncc3)C(=O)C(=O)N2Cc2ccc[nH+]c2)cc1. The van der Waals surface area contributed by atoms with Gasteiger partial charge in [0.2, 0.25) is 5.78 Å². The van der Waals surface area contributed by atoms with Gasteiger partial charge in [0.05, 0.1) is 19.7 Å². The number of carbonyl (C=O) groups is 2. The topological polar surface area (TPSA) is 96.7 Å². The first-order valence-corrected chi connectivity index (χ1v) is 9.36. The van der Waals surface area contributed by atoms with E-state index in [0.717, 1.165) is 5.56 Å². The van der Waals surface area contributed by atoms with E-state index >= 15 is 0 Å². The fourth-order valence-electron chi connectivity index (χ4n) is 3.55. The molecule has 1 N–H and O–H groups in total. The number of pyridine rings is 2. The van der Waals surface area contributed by atoms with Crippen molar-refractivity contribution in [1.82, 2.24) is 9.88 Å². The highest BCUT2D eigenvalue weighted by Crippen LogP contribution is 2.39. The molecule has 4 rings (SSSR count). The molecule has 0 saturated carbocycles. The van der Waals surface area contributed by atoms with Gasteiger partial charge in [-0.05, 0) is 41.5 Å². The summed E-state index contributed by atoms with van der Waals surface area (Å²) in [7, 11) is 1.56. The number of likely N-dealkylation sites (tertiary alicyclic amines) is 1. The molecule has 7 heteroatoms. The number of Topliss-reactive ketones (excluding diaryl/α,β-unsaturated/α-hetero) is 1. The molecule has 0 spiro atoms. The van der Waals surface area contributed by atoms with Crippen LogP contribution in [0.25, 0.3) is 5.76 Å². The maximum atomic E-state index is 13.2. The Bertz CT molecular complexity index is 1100. The Kier molecular flexibility index (Phi) is 5.26. The number of rotatable bonds is 5. The van der Waals surface area contributed by atoms with Crippen LogP contribution in [-0.2, 0) is 16.1 Å². The molecule has 3 aromatic rings. The number of aromatic nitrogens is 2. The van der Waals surface area contributed by atoms with Gasteiger partial charge >= 0.3 is 0 Å². The number of amides is 1. The minimum atomic E-state index is -0.795. The van der Waals surface area contributed by atoms with E-state index in [2.05, 4.69) is 9.97 Å². The lowest BCUT2D eigenvalue weighted by molar-refractivity contribution is -0.378. The Hall–Kier alpha value is -4.00. The van der Waals surface area contributed by atoms with E-state index in [4.69, 9.17) is 4.74 Å². The van der Waals surface area contributed by atoms with Gasteiger partial charge in [0, 0.05) is 29.6 Å². The molecule has 0 bridgehead atoms. The van der Waals surface area contributed by atoms with Gasteiger partial charge in [-0.2, -0.15) is 0 Å². The zero-order chi connectivity index (χ0) is 21.1. The smallest absolute Gasteiger partial charge is 0.295 e. The molecule has 1 unspecified atom stereocenters. The number of ketones is 1. The summed E-state index contributed by atoms with van der Waals surface area (Å²) in [6.45, 7) is 0.186. The summed E-state index contributed by atoms with van der Waals surface area (Å²) in [5.74, 6) is -1.31. The Labute approximate surface area is 173 Å². The maximum Gasteiger partial charge on any atom is 0.295 e. The van der Waals surface area contributed by atoms with Crippen LogP contribution >= 0.6 is 0 Å². The Morgan fingerprint density at radius 1 is 1.13 bits per heavy atom. The third-order valence-electron chi connectivity index (χ3n) is 5.03. The zero-order valence-electron chi connectivity index (χ0n) is 16.2. The second-order valence-corrected chi connectivity index (χ2v) is 6.83. The van der Waals surface area contributed by atoms with Crippen molar-refractivity contribution in [2.24, 2.45) is 0 Å². The largest absolute Gasteiger partial charge is 0.872 e. The van der Waals surface area contributed by atoms with Crippen LogP contribution in [-0.4, -0.2) is 28.7 Å². The fourth-order valence-corrected chi connectivity index (χ4v) is 3.55. The third kappa shape index (κ3) is 3.53. The number of H-pyrrole nitrogens is 1. The van der Waals surface area contributed by atoms with Crippen molar-refractivity contribution < 1.29 is 24.4 Å². The molecule has 0 aliphatic carbocycles. The molecule has 1 saturated heterocycles. The van der Waals surface area contributed by atoms with Gasteiger partial charge in [-0.25, -0.2) is 4.98 Å². The van der Waals surface area contributed by atoms with Crippen LogP contribution in [0.5, 0.6) is 5.75 Å². The molecule has 1 atom stereocenters. The van der Waals surface area contributed by atoms with Crippen LogP contribution in [0.15, 0.2) is 78.9 Å². The third-order valence-corrected chi connectivity index (χ3v) is 5.03. The predicted molar refractivity (Wildman–Crippen MR) is 105 cm³/mol. The van der Waals surface area contributed by atoms with Crippen molar-refractivity contribution >= 4 is 17.4 Å². The highest BCUT2D eigenvalue weighted by molar-refractivity contribution is 6.46. The molecule has 0 radical (unpaired) electrons. The highest BCUT2D eigenvalue weighted by Gasteiger charge is 2.44. The van der Waals surface area contributed by atoms with Gasteiger partial charge in [0.1, 0.15) is 5.75 Å². The summed E-state index contributed by atoms with van der Waals surface area (Å²) in [6.07, 6.45) is 6.47. The van der Waals surface area contributed by atoms with E-state index in [0.29, 0.717) is 16.9 Å². The van der Waals surface area contributed by atoms with Crippen LogP contribution in [0.2, 0.25) is 0 Å². The first-order valence-electron chi connectivity index (χ1n) is 9.36. The quantitative estimate of drug-likeness (QED) is 0.365. The van der Waals surface area contributed by atoms with Crippen molar-refractivity contribution in [2.45, 2.75) is 12.6 Å². The summed E-state index contributed by atoms with van der Waals surface area (Å²) >= 11 is 0. The van der Waals surface area contributed by atoms with Crippen LogP contribution in [0.1, 0.15) is 22.7 Å². The summed E-state index contributed by atoms with van der Waals surface area (Å²) in [5.41, 5.74) is 1.73. The van der Waals surface area contributed by atoms with Gasteiger partial charge in [0.25, 0.3) is 5.91 Å². The second kappa shape index (κ2) is 8.16. The number of aromatic amines is 1. The highest BCUT2D eigenvalue weighted by atomic mass is 16.5. The minimum absolute atomic E-state index is 0.0590. The van der Waals surface area contributed by atoms with Crippen molar-refractivity contribution in [1.29, 1.82) is 0 Å². The van der Waals surface area contributed by atoms with E-state index in [1.54, 1.807) is 43.8 Å². The number of nitrogens with one attached hydrogen (secondary N) is 1. The predicted octanol–water partition coefficient (Wildman–Crippen LogP) is 1.33. The van der Waals surface area contributed by atoms with Crippen molar-refractivity contribution in [2.75, 3.05) is 7.11 Å². The molecular formula is C23H19N3O4. The fraction of sp³-hybridized carbons (Fsp3) is 0.130. The molecule has 7 nitrogen and oxygen atoms in total. The maximum absolute atomic E-state index is 13.2. The van der Waals surface area contributed by atoms with E-state index < -0.39 is 23.5 Å². The second-order valence-electron chi connectivity index (χ2n) is 6.83. The number of ether oxygens (including phenoxy) is 1. The average Bonchev–Trinajstić information content (AvgIpc) is 3.05. The molecule has 1 fully saturated rings. The Morgan fingerprint density at radius 3 is 2.50 bits per heavy atom. The van der Waals surface area contributed by atoms with Gasteiger partial charge in [-0.1, -0.05) is 17.9 Å². The van der Waals surface area contributed by atoms with Gasteiger partial charge in [-0.3, -0.25) is 14.6 Å². The number of methoxy groups -OCH3 is 1. The summed E-state index contributed by atoms with van der Waals surface area (Å²) in [6, 6.07) is 12.9. The Morgan fingerprint density at radius 2 is 1.87 bits per heavy atom. The summed E-state index contributed by atoms with van der Waals surface area (Å²) in [5, 5.41) is 13.2. The standard InChI is InChI=1S/C23H19N3O4/c1-30-18-6-4-16(5-7-18)20-19(21(27)17-8-11-24-12-9-17)22(28)23(29)26(20)14-15-3-2-10-25-13-15/h2-13,20,27H,14H2,1H3. The van der Waals surface area contributed by atoms with E-state index in [1.807, 2.05) is 12.1 Å². The molecule has 3 heterocycles. The molecule has 1 aromatic carbocycles. The van der Waals surface area contributed by atoms with E-state index in [-0.39, 0.29) is 12.1 Å². The minimum Gasteiger partial charge on any atom is -0.872 e. The first-order chi connectivity index (χ1) is 14.6. The number of hydrogen-bond donors (Lipinski definition) is 0. The summed E-state index contributed by atoms with van der Waals surface area (Å²) < 4.78 is 5.21. The van der Waals surface area contributed by atoms with Crippen LogP contribution in [0, 0.1) is 0 Å². The van der Waals surface area contributed by atoms with Crippen LogP contribution in [0.4, 0.5) is 0 Å². The lowest BCUT2D eigenvalue weighted by Crippen LogP contribution is -2.29. The number of benzene rings is 1. The molecule has 1 aliphatic heterocycles. The number of hydrogen-bond acceptors (Lipinski definition) is 5. The van der Waals surface area contributed by atoms with Crippen molar-refractivity contribution in [3.8, 4) is 5.75 Å². The van der Waals surface area contributed by atoms with E-state index in [9.17, 15) is 14.7 Å². The van der Waals surface area contributed by atoms with Gasteiger partial charge in [0.15, 0.2) is 12.4 Å². The van der Waals surface area contributed by atoms with Crippen molar-refractivity contribution in [3.63, 3.8) is 0 Å². The monoisotopic (exact) mass is 401 g/mol. The van der Waals surface area contributed by atoms with Crippen molar-refractivity contribution in [3.05, 3.63) is 95.6 Å². The Balaban J connectivity index is 1.85. The van der Waals surface area contributed by atoms with Crippen LogP contribution < -0.4 is 14.8 Å². The number of nitrogens with zero attached hydrogens (tertiary/aromatic N) is 2. The average molecular weight is 401 g/mol. The summed E-state index contributed by atoms with van der Waals surface area (Å²) in [4.78, 5) is 34.2.